The number of rotatable bonds is 4. The van der Waals surface area contributed by atoms with Crippen LogP contribution in [0.25, 0.3) is 11.0 Å². The minimum atomic E-state index is -0.295. The molecule has 0 bridgehead atoms. The highest BCUT2D eigenvalue weighted by Crippen LogP contribution is 2.37. The fourth-order valence-electron chi connectivity index (χ4n) is 5.29. The molecule has 1 fully saturated rings. The third-order valence-corrected chi connectivity index (χ3v) is 7.07. The molecule has 0 unspecified atom stereocenters. The van der Waals surface area contributed by atoms with Crippen LogP contribution in [0.2, 0.25) is 0 Å². The van der Waals surface area contributed by atoms with Crippen LogP contribution in [-0.2, 0) is 24.1 Å². The van der Waals surface area contributed by atoms with E-state index in [9.17, 15) is 4.79 Å². The SMILES string of the molecule is COC(=O)N1c2ccc3c(nc(Cc4ccccc4)n3CC3CCNCC3)c2CC[C@@H]1C. The first kappa shape index (κ1) is 21.0. The Bertz CT molecular complexity index is 1100. The number of anilines is 1. The second kappa shape index (κ2) is 8.94. The molecule has 32 heavy (non-hydrogen) atoms. The number of amides is 1. The van der Waals surface area contributed by atoms with E-state index in [4.69, 9.17) is 9.72 Å². The molecule has 2 aliphatic heterocycles. The number of carbonyl (C=O) groups is 1. The van der Waals surface area contributed by atoms with Crippen LogP contribution in [0.3, 0.4) is 0 Å². The van der Waals surface area contributed by atoms with Crippen molar-refractivity contribution >= 4 is 22.8 Å². The standard InChI is InChI=1S/C26H32N4O2/c1-18-8-9-21-22(30(18)26(31)32-2)10-11-23-25(21)28-24(16-19-6-4-3-5-7-19)29(23)17-20-12-14-27-15-13-20/h3-7,10-11,18,20,27H,8-9,12-17H2,1-2H3/t18-/m0/s1. The lowest BCUT2D eigenvalue weighted by Gasteiger charge is -2.34. The van der Waals surface area contributed by atoms with Gasteiger partial charge in [0.1, 0.15) is 5.82 Å². The highest BCUT2D eigenvalue weighted by Gasteiger charge is 2.31. The number of hydrogen-bond donors (Lipinski definition) is 1. The van der Waals surface area contributed by atoms with Gasteiger partial charge in [-0.15, -0.1) is 0 Å². The third-order valence-electron chi connectivity index (χ3n) is 7.07. The number of carbonyl (C=O) groups excluding carboxylic acids is 1. The van der Waals surface area contributed by atoms with Crippen molar-refractivity contribution in [2.75, 3.05) is 25.1 Å². The Balaban J connectivity index is 1.61. The van der Waals surface area contributed by atoms with E-state index in [1.807, 2.05) is 0 Å². The number of nitrogens with one attached hydrogen (secondary N) is 1. The summed E-state index contributed by atoms with van der Waals surface area (Å²) in [4.78, 5) is 19.5. The van der Waals surface area contributed by atoms with Crippen LogP contribution in [-0.4, -0.2) is 41.9 Å². The normalized spacial score (nSPS) is 19.2. The topological polar surface area (TPSA) is 59.4 Å². The van der Waals surface area contributed by atoms with Crippen molar-refractivity contribution in [3.8, 4) is 0 Å². The molecular formula is C26H32N4O2. The van der Waals surface area contributed by atoms with Gasteiger partial charge in [0.15, 0.2) is 0 Å². The fourth-order valence-corrected chi connectivity index (χ4v) is 5.29. The van der Waals surface area contributed by atoms with Gasteiger partial charge in [-0.05, 0) is 69.3 Å². The van der Waals surface area contributed by atoms with Gasteiger partial charge in [0.25, 0.3) is 0 Å². The van der Waals surface area contributed by atoms with E-state index >= 15 is 0 Å². The molecule has 1 saturated heterocycles. The predicted molar refractivity (Wildman–Crippen MR) is 127 cm³/mol. The first-order chi connectivity index (χ1) is 15.7. The quantitative estimate of drug-likeness (QED) is 0.658. The molecule has 1 amide bonds. The Morgan fingerprint density at radius 2 is 1.91 bits per heavy atom. The molecule has 6 heteroatoms. The molecule has 0 saturated carbocycles. The van der Waals surface area contributed by atoms with Crippen LogP contribution >= 0.6 is 0 Å². The Morgan fingerprint density at radius 1 is 1.12 bits per heavy atom. The molecule has 168 valence electrons. The maximum absolute atomic E-state index is 12.5. The summed E-state index contributed by atoms with van der Waals surface area (Å²) < 4.78 is 7.54. The zero-order chi connectivity index (χ0) is 22.1. The number of benzene rings is 2. The maximum atomic E-state index is 12.5. The van der Waals surface area contributed by atoms with Gasteiger partial charge in [-0.3, -0.25) is 4.90 Å². The van der Waals surface area contributed by atoms with Crippen LogP contribution in [0.1, 0.15) is 43.1 Å². The summed E-state index contributed by atoms with van der Waals surface area (Å²) >= 11 is 0. The first-order valence-electron chi connectivity index (χ1n) is 11.8. The zero-order valence-corrected chi connectivity index (χ0v) is 19.0. The van der Waals surface area contributed by atoms with Crippen molar-refractivity contribution in [3.05, 3.63) is 59.4 Å². The van der Waals surface area contributed by atoms with Crippen molar-refractivity contribution in [1.82, 2.24) is 14.9 Å². The summed E-state index contributed by atoms with van der Waals surface area (Å²) in [6, 6.07) is 14.9. The van der Waals surface area contributed by atoms with Gasteiger partial charge in [-0.2, -0.15) is 0 Å². The van der Waals surface area contributed by atoms with Gasteiger partial charge in [0.05, 0.1) is 23.8 Å². The number of methoxy groups -OCH3 is 1. The second-order valence-electron chi connectivity index (χ2n) is 9.15. The first-order valence-corrected chi connectivity index (χ1v) is 11.8. The Morgan fingerprint density at radius 3 is 2.66 bits per heavy atom. The second-order valence-corrected chi connectivity index (χ2v) is 9.15. The Hall–Kier alpha value is -2.86. The number of imidazole rings is 1. The number of fused-ring (bicyclic) bond motifs is 3. The average Bonchev–Trinajstić information content (AvgIpc) is 3.16. The molecule has 0 radical (unpaired) electrons. The average molecular weight is 433 g/mol. The molecule has 0 spiro atoms. The zero-order valence-electron chi connectivity index (χ0n) is 19.0. The van der Waals surface area contributed by atoms with Gasteiger partial charge in [0, 0.05) is 24.6 Å². The Labute approximate surface area is 189 Å². The summed E-state index contributed by atoms with van der Waals surface area (Å²) in [5, 5.41) is 3.48. The van der Waals surface area contributed by atoms with Crippen LogP contribution < -0.4 is 10.2 Å². The van der Waals surface area contributed by atoms with Gasteiger partial charge < -0.3 is 14.6 Å². The molecule has 1 atom stereocenters. The van der Waals surface area contributed by atoms with Gasteiger partial charge in [-0.1, -0.05) is 30.3 Å². The number of piperidine rings is 1. The lowest BCUT2D eigenvalue weighted by atomic mass is 9.95. The molecule has 3 aromatic rings. The molecule has 3 heterocycles. The number of aryl methyl sites for hydroxylation is 1. The summed E-state index contributed by atoms with van der Waals surface area (Å²) in [6.07, 6.45) is 4.75. The predicted octanol–water partition coefficient (Wildman–Crippen LogP) is 4.53. The summed E-state index contributed by atoms with van der Waals surface area (Å²) in [6.45, 7) is 5.26. The van der Waals surface area contributed by atoms with Crippen molar-refractivity contribution in [2.45, 2.75) is 51.6 Å². The molecule has 1 aromatic heterocycles. The van der Waals surface area contributed by atoms with Crippen LogP contribution in [0, 0.1) is 5.92 Å². The molecule has 6 nitrogen and oxygen atoms in total. The van der Waals surface area contributed by atoms with Crippen LogP contribution in [0.4, 0.5) is 10.5 Å². The smallest absolute Gasteiger partial charge is 0.414 e. The van der Waals surface area contributed by atoms with E-state index in [2.05, 4.69) is 59.3 Å². The van der Waals surface area contributed by atoms with Gasteiger partial charge in [0.2, 0.25) is 0 Å². The molecule has 2 aromatic carbocycles. The number of aromatic nitrogens is 2. The van der Waals surface area contributed by atoms with Gasteiger partial charge >= 0.3 is 6.09 Å². The summed E-state index contributed by atoms with van der Waals surface area (Å²) in [5.41, 5.74) is 5.62. The van der Waals surface area contributed by atoms with Crippen molar-refractivity contribution < 1.29 is 9.53 Å². The van der Waals surface area contributed by atoms with Crippen molar-refractivity contribution in [3.63, 3.8) is 0 Å². The highest BCUT2D eigenvalue weighted by molar-refractivity contribution is 5.95. The minimum Gasteiger partial charge on any atom is -0.452 e. The number of ether oxygens (including phenoxy) is 1. The fraction of sp³-hybridized carbons (Fsp3) is 0.462. The van der Waals surface area contributed by atoms with E-state index in [1.54, 1.807) is 4.90 Å². The molecule has 0 aliphatic carbocycles. The van der Waals surface area contributed by atoms with E-state index < -0.39 is 0 Å². The Kier molecular flexibility index (Phi) is 5.87. The maximum Gasteiger partial charge on any atom is 0.414 e. The molecule has 1 N–H and O–H groups in total. The number of hydrogen-bond acceptors (Lipinski definition) is 4. The lowest BCUT2D eigenvalue weighted by molar-refractivity contribution is 0.175. The largest absolute Gasteiger partial charge is 0.452 e. The van der Waals surface area contributed by atoms with E-state index in [-0.39, 0.29) is 12.1 Å². The number of nitrogens with zero attached hydrogens (tertiary/aromatic N) is 3. The van der Waals surface area contributed by atoms with Gasteiger partial charge in [-0.25, -0.2) is 9.78 Å². The van der Waals surface area contributed by atoms with Crippen LogP contribution in [0.5, 0.6) is 0 Å². The van der Waals surface area contributed by atoms with E-state index in [1.165, 1.54) is 36.6 Å². The highest BCUT2D eigenvalue weighted by atomic mass is 16.5. The van der Waals surface area contributed by atoms with E-state index in [0.717, 1.165) is 55.9 Å². The van der Waals surface area contributed by atoms with Crippen LogP contribution in [0.15, 0.2) is 42.5 Å². The van der Waals surface area contributed by atoms with Crippen molar-refractivity contribution in [2.24, 2.45) is 5.92 Å². The van der Waals surface area contributed by atoms with Crippen molar-refractivity contribution in [1.29, 1.82) is 0 Å². The molecular weight excluding hydrogens is 400 g/mol. The third kappa shape index (κ3) is 3.88. The molecule has 2 aliphatic rings. The van der Waals surface area contributed by atoms with E-state index in [0.29, 0.717) is 5.92 Å². The molecule has 5 rings (SSSR count). The summed E-state index contributed by atoms with van der Waals surface area (Å²) in [5.74, 6) is 1.77. The lowest BCUT2D eigenvalue weighted by Crippen LogP contribution is -2.42. The monoisotopic (exact) mass is 432 g/mol. The minimum absolute atomic E-state index is 0.119. The summed E-state index contributed by atoms with van der Waals surface area (Å²) in [7, 11) is 1.45.